The number of rotatable bonds is 45. The Kier molecular flexibility index (Phi) is 42.8. The van der Waals surface area contributed by atoms with Gasteiger partial charge < -0.3 is 21.1 Å². The van der Waals surface area contributed by atoms with Gasteiger partial charge >= 0.3 is 7.82 Å². The number of nitrogens with two attached hydrogens (primary N) is 1. The Bertz CT molecular complexity index is 932. The minimum atomic E-state index is -4.35. The van der Waals surface area contributed by atoms with Gasteiger partial charge in [0, 0.05) is 13.0 Å². The van der Waals surface area contributed by atoms with Gasteiger partial charge in [-0.3, -0.25) is 13.8 Å². The zero-order chi connectivity index (χ0) is 41.1. The lowest BCUT2D eigenvalue weighted by atomic mass is 10.0. The van der Waals surface area contributed by atoms with E-state index in [1.165, 1.54) is 180 Å². The lowest BCUT2D eigenvalue weighted by Gasteiger charge is -2.23. The van der Waals surface area contributed by atoms with E-state index < -0.39 is 20.0 Å². The maximum Gasteiger partial charge on any atom is 0.472 e. The summed E-state index contributed by atoms with van der Waals surface area (Å²) in [5, 5.41) is 13.7. The van der Waals surface area contributed by atoms with E-state index in [0.29, 0.717) is 6.42 Å². The summed E-state index contributed by atoms with van der Waals surface area (Å²) < 4.78 is 22.2. The van der Waals surface area contributed by atoms with E-state index in [0.717, 1.165) is 38.5 Å². The third kappa shape index (κ3) is 41.2. The molecule has 0 spiro atoms. The summed E-state index contributed by atoms with van der Waals surface area (Å²) >= 11 is 0. The predicted molar refractivity (Wildman–Crippen MR) is 240 cm³/mol. The smallest absolute Gasteiger partial charge is 0.387 e. The summed E-state index contributed by atoms with van der Waals surface area (Å²) in [6.45, 7) is 4.14. The number of phosphoric acid groups is 1. The Balaban J connectivity index is 4.15. The Hall–Kier alpha value is -1.02. The van der Waals surface area contributed by atoms with Gasteiger partial charge in [-0.15, -0.1) is 0 Å². The number of aliphatic hydroxyl groups is 1. The highest BCUT2D eigenvalue weighted by Crippen LogP contribution is 2.43. The first-order valence-corrected chi connectivity index (χ1v) is 25.5. The van der Waals surface area contributed by atoms with Crippen LogP contribution < -0.4 is 11.1 Å². The number of allylic oxidation sites excluding steroid dienone is 3. The number of hydrogen-bond acceptors (Lipinski definition) is 6. The summed E-state index contributed by atoms with van der Waals surface area (Å²) in [5.41, 5.74) is 5.38. The van der Waals surface area contributed by atoms with Gasteiger partial charge in [-0.25, -0.2) is 4.57 Å². The molecule has 0 fully saturated rings. The van der Waals surface area contributed by atoms with Gasteiger partial charge in [0.2, 0.25) is 5.91 Å². The van der Waals surface area contributed by atoms with Crippen molar-refractivity contribution < 1.29 is 28.4 Å². The topological polar surface area (TPSA) is 131 Å². The number of phosphoric ester groups is 1. The van der Waals surface area contributed by atoms with Gasteiger partial charge in [-0.2, -0.15) is 0 Å². The van der Waals surface area contributed by atoms with Gasteiger partial charge in [0.15, 0.2) is 0 Å². The Morgan fingerprint density at radius 2 is 0.946 bits per heavy atom. The van der Waals surface area contributed by atoms with E-state index in [9.17, 15) is 19.4 Å². The molecule has 3 unspecified atom stereocenters. The van der Waals surface area contributed by atoms with Gasteiger partial charge in [0.05, 0.1) is 25.4 Å². The second kappa shape index (κ2) is 43.6. The molecule has 0 aromatic rings. The van der Waals surface area contributed by atoms with Crippen molar-refractivity contribution in [1.29, 1.82) is 0 Å². The highest BCUT2D eigenvalue weighted by atomic mass is 31.2. The van der Waals surface area contributed by atoms with Crippen molar-refractivity contribution >= 4 is 13.7 Å². The van der Waals surface area contributed by atoms with Gasteiger partial charge in [-0.05, 0) is 32.1 Å². The van der Waals surface area contributed by atoms with Crippen LogP contribution in [0.25, 0.3) is 0 Å². The Morgan fingerprint density at radius 1 is 0.571 bits per heavy atom. The Morgan fingerprint density at radius 3 is 1.38 bits per heavy atom. The molecule has 0 aromatic carbocycles. The summed E-state index contributed by atoms with van der Waals surface area (Å²) in [5.74, 6) is -0.200. The first kappa shape index (κ1) is 55.0. The number of carbonyl (C=O) groups excluding carboxylic acids is 1. The molecule has 5 N–H and O–H groups in total. The largest absolute Gasteiger partial charge is 0.472 e. The lowest BCUT2D eigenvalue weighted by molar-refractivity contribution is -0.123. The van der Waals surface area contributed by atoms with Crippen LogP contribution in [0.5, 0.6) is 0 Å². The summed E-state index contributed by atoms with van der Waals surface area (Å²) in [4.78, 5) is 22.8. The summed E-state index contributed by atoms with van der Waals surface area (Å²) in [6.07, 6.45) is 50.9. The number of carbonyl (C=O) groups is 1. The van der Waals surface area contributed by atoms with Crippen molar-refractivity contribution in [3.05, 3.63) is 24.3 Å². The second-order valence-electron chi connectivity index (χ2n) is 16.3. The van der Waals surface area contributed by atoms with Gasteiger partial charge in [0.1, 0.15) is 0 Å². The number of amides is 1. The molecular weight excluding hydrogens is 719 g/mol. The predicted octanol–water partition coefficient (Wildman–Crippen LogP) is 13.7. The van der Waals surface area contributed by atoms with Crippen molar-refractivity contribution in [2.45, 2.75) is 251 Å². The molecule has 56 heavy (non-hydrogen) atoms. The van der Waals surface area contributed by atoms with Crippen LogP contribution in [-0.2, 0) is 18.4 Å². The molecule has 332 valence electrons. The fraction of sp³-hybridized carbons (Fsp3) is 0.894. The van der Waals surface area contributed by atoms with Crippen LogP contribution in [0.2, 0.25) is 0 Å². The van der Waals surface area contributed by atoms with E-state index in [1.54, 1.807) is 6.08 Å². The fourth-order valence-electron chi connectivity index (χ4n) is 7.15. The number of nitrogens with one attached hydrogen (secondary N) is 1. The van der Waals surface area contributed by atoms with Gasteiger partial charge in [0.25, 0.3) is 0 Å². The number of aliphatic hydroxyl groups excluding tert-OH is 1. The minimum Gasteiger partial charge on any atom is -0.387 e. The minimum absolute atomic E-state index is 0.0761. The molecule has 0 bridgehead atoms. The van der Waals surface area contributed by atoms with Crippen molar-refractivity contribution in [2.75, 3.05) is 19.8 Å². The summed E-state index contributed by atoms with van der Waals surface area (Å²) in [7, 11) is -4.35. The molecule has 0 aliphatic heterocycles. The van der Waals surface area contributed by atoms with Crippen molar-refractivity contribution in [3.63, 3.8) is 0 Å². The summed E-state index contributed by atoms with van der Waals surface area (Å²) in [6, 6.07) is -0.873. The van der Waals surface area contributed by atoms with E-state index in [4.69, 9.17) is 14.8 Å². The maximum absolute atomic E-state index is 12.8. The van der Waals surface area contributed by atoms with Crippen molar-refractivity contribution in [2.24, 2.45) is 5.73 Å². The zero-order valence-corrected chi connectivity index (χ0v) is 37.8. The van der Waals surface area contributed by atoms with E-state index in [-0.39, 0.29) is 25.7 Å². The molecule has 0 saturated carbocycles. The monoisotopic (exact) mass is 813 g/mol. The quantitative estimate of drug-likeness (QED) is 0.0273. The van der Waals surface area contributed by atoms with Crippen LogP contribution in [0.4, 0.5) is 0 Å². The molecule has 3 atom stereocenters. The number of hydrogen-bond donors (Lipinski definition) is 4. The normalized spacial score (nSPS) is 14.2. The first-order valence-electron chi connectivity index (χ1n) is 24.0. The highest BCUT2D eigenvalue weighted by molar-refractivity contribution is 7.47. The molecular formula is C47H93N2O6P. The maximum atomic E-state index is 12.8. The average Bonchev–Trinajstić information content (AvgIpc) is 3.19. The van der Waals surface area contributed by atoms with Crippen LogP contribution in [0.15, 0.2) is 24.3 Å². The molecule has 8 nitrogen and oxygen atoms in total. The highest BCUT2D eigenvalue weighted by Gasteiger charge is 2.26. The third-order valence-electron chi connectivity index (χ3n) is 10.8. The van der Waals surface area contributed by atoms with Crippen LogP contribution in [-0.4, -0.2) is 47.8 Å². The van der Waals surface area contributed by atoms with Crippen LogP contribution in [0, 0.1) is 0 Å². The number of unbranched alkanes of at least 4 members (excludes halogenated alkanes) is 31. The standard InChI is InChI=1S/C47H93N2O6P/c1-3-5-7-9-11-13-15-17-19-21-22-23-25-27-29-31-33-35-37-39-41-47(51)49-45(44-55-56(52,53)54-43-42-48)46(50)40-38-36-34-32-30-28-26-24-20-18-16-14-12-10-8-6-4-2/h30,32,38,40,45-46,50H,3-29,31,33-37,39,41-44,48H2,1-2H3,(H,49,51)(H,52,53)/b32-30+,40-38+. The molecule has 0 heterocycles. The van der Waals surface area contributed by atoms with Crippen LogP contribution in [0.3, 0.4) is 0 Å². The molecule has 9 heteroatoms. The Labute approximate surface area is 347 Å². The van der Waals surface area contributed by atoms with Crippen LogP contribution >= 0.6 is 7.82 Å². The van der Waals surface area contributed by atoms with Crippen molar-refractivity contribution in [1.82, 2.24) is 5.32 Å². The fourth-order valence-corrected chi connectivity index (χ4v) is 7.91. The molecule has 0 saturated heterocycles. The first-order chi connectivity index (χ1) is 27.4. The van der Waals surface area contributed by atoms with Crippen molar-refractivity contribution in [3.8, 4) is 0 Å². The molecule has 0 aromatic heterocycles. The molecule has 0 rings (SSSR count). The molecule has 0 radical (unpaired) electrons. The third-order valence-corrected chi connectivity index (χ3v) is 11.8. The molecule has 0 aliphatic carbocycles. The SMILES string of the molecule is CCCCCCCCCCCCC/C=C/CC/C=C/C(O)C(COP(=O)(O)OCCN)NC(=O)CCCCCCCCCCCCCCCCCCCCCC. The van der Waals surface area contributed by atoms with E-state index in [1.807, 2.05) is 6.08 Å². The average molecular weight is 813 g/mol. The second-order valence-corrected chi connectivity index (χ2v) is 17.8. The lowest BCUT2D eigenvalue weighted by Crippen LogP contribution is -2.45. The van der Waals surface area contributed by atoms with E-state index >= 15 is 0 Å². The molecule has 0 aliphatic rings. The molecule has 1 amide bonds. The van der Waals surface area contributed by atoms with Gasteiger partial charge in [-0.1, -0.05) is 224 Å². The van der Waals surface area contributed by atoms with Crippen LogP contribution in [0.1, 0.15) is 239 Å². The van der Waals surface area contributed by atoms with E-state index in [2.05, 4.69) is 31.3 Å². The zero-order valence-electron chi connectivity index (χ0n) is 36.9.